The van der Waals surface area contributed by atoms with Gasteiger partial charge in [-0.3, -0.25) is 9.69 Å². The molecule has 1 unspecified atom stereocenters. The molecule has 6 nitrogen and oxygen atoms in total. The number of likely N-dealkylation sites (tertiary alicyclic amines) is 1. The van der Waals surface area contributed by atoms with Crippen molar-refractivity contribution >= 4 is 11.7 Å². The molecule has 2 aliphatic heterocycles. The summed E-state index contributed by atoms with van der Waals surface area (Å²) in [6.07, 6.45) is 7.57. The first kappa shape index (κ1) is 16.8. The lowest BCUT2D eigenvalue weighted by molar-refractivity contribution is 0.0166. The van der Waals surface area contributed by atoms with Gasteiger partial charge in [0.15, 0.2) is 0 Å². The van der Waals surface area contributed by atoms with Gasteiger partial charge in [-0.2, -0.15) is 0 Å². The number of pyridine rings is 1. The second kappa shape index (κ2) is 7.70. The molecule has 1 atom stereocenters. The van der Waals surface area contributed by atoms with E-state index in [1.807, 2.05) is 12.1 Å². The molecule has 1 amide bonds. The Morgan fingerprint density at radius 2 is 2.00 bits per heavy atom. The first-order valence-electron chi connectivity index (χ1n) is 9.63. The molecule has 25 heavy (non-hydrogen) atoms. The molecule has 4 rings (SSSR count). The van der Waals surface area contributed by atoms with Crippen LogP contribution >= 0.6 is 0 Å². The van der Waals surface area contributed by atoms with Gasteiger partial charge in [-0.05, 0) is 44.2 Å². The highest BCUT2D eigenvalue weighted by Crippen LogP contribution is 2.24. The van der Waals surface area contributed by atoms with Crippen LogP contribution in [0.5, 0.6) is 0 Å². The van der Waals surface area contributed by atoms with Crippen LogP contribution in [0.1, 0.15) is 42.5 Å². The molecule has 1 aromatic rings. The van der Waals surface area contributed by atoms with Crippen LogP contribution < -0.4 is 5.32 Å². The third-order valence-electron chi connectivity index (χ3n) is 5.40. The summed E-state index contributed by atoms with van der Waals surface area (Å²) in [5.74, 6) is 1.01. The lowest BCUT2D eigenvalue weighted by Crippen LogP contribution is -2.51. The van der Waals surface area contributed by atoms with E-state index in [4.69, 9.17) is 4.74 Å². The normalized spacial score (nSPS) is 25.0. The molecule has 3 aliphatic rings. The number of hydrogen-bond donors (Lipinski definition) is 1. The zero-order chi connectivity index (χ0) is 17.1. The average Bonchev–Trinajstić information content (AvgIpc) is 3.47. The molecule has 0 aromatic carbocycles. The van der Waals surface area contributed by atoms with E-state index in [0.717, 1.165) is 58.1 Å². The summed E-state index contributed by atoms with van der Waals surface area (Å²) in [5.41, 5.74) is 0.704. The van der Waals surface area contributed by atoms with E-state index in [0.29, 0.717) is 17.6 Å². The van der Waals surface area contributed by atoms with Crippen LogP contribution in [0.3, 0.4) is 0 Å². The van der Waals surface area contributed by atoms with Crippen molar-refractivity contribution < 1.29 is 9.53 Å². The Morgan fingerprint density at radius 1 is 1.16 bits per heavy atom. The number of aromatic nitrogens is 1. The van der Waals surface area contributed by atoms with Crippen molar-refractivity contribution in [2.24, 2.45) is 0 Å². The second-order valence-corrected chi connectivity index (χ2v) is 7.41. The SMILES string of the molecule is O=C(c1ccc(NC2CC2)nc1)N1CCCCC1CN1CCOCC1. The number of morpholine rings is 1. The number of rotatable bonds is 5. The minimum absolute atomic E-state index is 0.128. The zero-order valence-electron chi connectivity index (χ0n) is 14.8. The molecule has 1 N–H and O–H groups in total. The minimum Gasteiger partial charge on any atom is -0.379 e. The van der Waals surface area contributed by atoms with Gasteiger partial charge in [-0.15, -0.1) is 0 Å². The molecule has 6 heteroatoms. The fourth-order valence-corrected chi connectivity index (χ4v) is 3.75. The van der Waals surface area contributed by atoms with Crippen molar-refractivity contribution in [3.63, 3.8) is 0 Å². The van der Waals surface area contributed by atoms with Crippen molar-refractivity contribution in [1.29, 1.82) is 0 Å². The average molecular weight is 344 g/mol. The molecule has 2 saturated heterocycles. The maximum atomic E-state index is 13.0. The van der Waals surface area contributed by atoms with E-state index in [1.54, 1.807) is 6.20 Å². The van der Waals surface area contributed by atoms with Gasteiger partial charge in [-0.25, -0.2) is 4.98 Å². The lowest BCUT2D eigenvalue weighted by atomic mass is 10.00. The summed E-state index contributed by atoms with van der Waals surface area (Å²) in [5, 5.41) is 3.37. The third kappa shape index (κ3) is 4.30. The standard InChI is InChI=1S/C19H28N4O2/c24-19(15-4-7-18(20-13-15)21-16-5-6-16)23-8-2-1-3-17(23)14-22-9-11-25-12-10-22/h4,7,13,16-17H,1-3,5-6,8-12,14H2,(H,20,21). The Hall–Kier alpha value is -1.66. The van der Waals surface area contributed by atoms with E-state index >= 15 is 0 Å². The maximum Gasteiger partial charge on any atom is 0.255 e. The van der Waals surface area contributed by atoms with Crippen LogP contribution in [0.15, 0.2) is 18.3 Å². The van der Waals surface area contributed by atoms with Crippen LogP contribution in [0, 0.1) is 0 Å². The molecule has 0 spiro atoms. The highest BCUT2D eigenvalue weighted by Gasteiger charge is 2.29. The molecule has 0 radical (unpaired) electrons. The van der Waals surface area contributed by atoms with Gasteiger partial charge < -0.3 is 15.0 Å². The minimum atomic E-state index is 0.128. The molecule has 3 fully saturated rings. The molecule has 1 aromatic heterocycles. The van der Waals surface area contributed by atoms with E-state index < -0.39 is 0 Å². The fraction of sp³-hybridized carbons (Fsp3) is 0.684. The van der Waals surface area contributed by atoms with Gasteiger partial charge in [0, 0.05) is 44.5 Å². The molecular weight excluding hydrogens is 316 g/mol. The highest BCUT2D eigenvalue weighted by atomic mass is 16.5. The zero-order valence-corrected chi connectivity index (χ0v) is 14.8. The van der Waals surface area contributed by atoms with Gasteiger partial charge in [0.2, 0.25) is 0 Å². The van der Waals surface area contributed by atoms with Crippen LogP contribution in [0.4, 0.5) is 5.82 Å². The number of nitrogens with zero attached hydrogens (tertiary/aromatic N) is 3. The van der Waals surface area contributed by atoms with Crippen molar-refractivity contribution in [3.8, 4) is 0 Å². The van der Waals surface area contributed by atoms with Gasteiger partial charge >= 0.3 is 0 Å². The number of piperidine rings is 1. The molecule has 0 bridgehead atoms. The van der Waals surface area contributed by atoms with E-state index in [-0.39, 0.29) is 5.91 Å². The number of hydrogen-bond acceptors (Lipinski definition) is 5. The smallest absolute Gasteiger partial charge is 0.255 e. The summed E-state index contributed by atoms with van der Waals surface area (Å²) in [6, 6.07) is 4.74. The largest absolute Gasteiger partial charge is 0.379 e. The topological polar surface area (TPSA) is 57.7 Å². The number of ether oxygens (including phenoxy) is 1. The molecule has 136 valence electrons. The fourth-order valence-electron chi connectivity index (χ4n) is 3.75. The van der Waals surface area contributed by atoms with Crippen molar-refractivity contribution in [1.82, 2.24) is 14.8 Å². The van der Waals surface area contributed by atoms with Gasteiger partial charge in [0.1, 0.15) is 5.82 Å². The Balaban J connectivity index is 1.40. The monoisotopic (exact) mass is 344 g/mol. The number of carbonyl (C=O) groups excluding carboxylic acids is 1. The van der Waals surface area contributed by atoms with E-state index in [9.17, 15) is 4.79 Å². The van der Waals surface area contributed by atoms with Gasteiger partial charge in [0.05, 0.1) is 18.8 Å². The quantitative estimate of drug-likeness (QED) is 0.885. The van der Waals surface area contributed by atoms with Crippen LogP contribution in [0.2, 0.25) is 0 Å². The van der Waals surface area contributed by atoms with Crippen LogP contribution in [-0.4, -0.2) is 72.2 Å². The number of carbonyl (C=O) groups is 1. The Morgan fingerprint density at radius 3 is 2.72 bits per heavy atom. The molecule has 1 saturated carbocycles. The maximum absolute atomic E-state index is 13.0. The summed E-state index contributed by atoms with van der Waals surface area (Å²) >= 11 is 0. The van der Waals surface area contributed by atoms with Crippen molar-refractivity contribution in [2.45, 2.75) is 44.2 Å². The predicted molar refractivity (Wildman–Crippen MR) is 96.8 cm³/mol. The first-order chi connectivity index (χ1) is 12.3. The number of nitrogens with one attached hydrogen (secondary N) is 1. The second-order valence-electron chi connectivity index (χ2n) is 7.41. The molecule has 1 aliphatic carbocycles. The van der Waals surface area contributed by atoms with Crippen LogP contribution in [-0.2, 0) is 4.74 Å². The summed E-state index contributed by atoms with van der Waals surface area (Å²) in [4.78, 5) is 22.0. The summed E-state index contributed by atoms with van der Waals surface area (Å²) in [6.45, 7) is 5.38. The van der Waals surface area contributed by atoms with Crippen molar-refractivity contribution in [2.75, 3.05) is 44.7 Å². The van der Waals surface area contributed by atoms with Crippen molar-refractivity contribution in [3.05, 3.63) is 23.9 Å². The number of anilines is 1. The first-order valence-corrected chi connectivity index (χ1v) is 9.63. The van der Waals surface area contributed by atoms with E-state index in [2.05, 4.69) is 20.1 Å². The third-order valence-corrected chi connectivity index (χ3v) is 5.40. The predicted octanol–water partition coefficient (Wildman–Crippen LogP) is 1.98. The van der Waals surface area contributed by atoms with Crippen LogP contribution in [0.25, 0.3) is 0 Å². The molecular formula is C19H28N4O2. The Kier molecular flexibility index (Phi) is 5.17. The lowest BCUT2D eigenvalue weighted by Gasteiger charge is -2.39. The van der Waals surface area contributed by atoms with Gasteiger partial charge in [-0.1, -0.05) is 0 Å². The van der Waals surface area contributed by atoms with E-state index in [1.165, 1.54) is 19.3 Å². The van der Waals surface area contributed by atoms with Gasteiger partial charge in [0.25, 0.3) is 5.91 Å². The highest BCUT2D eigenvalue weighted by molar-refractivity contribution is 5.94. The summed E-state index contributed by atoms with van der Waals surface area (Å²) < 4.78 is 5.44. The Bertz CT molecular complexity index is 582. The molecule has 3 heterocycles. The summed E-state index contributed by atoms with van der Waals surface area (Å²) in [7, 11) is 0. The number of amides is 1. The Labute approximate surface area is 149 Å².